The molecule has 5 atom stereocenters. The molecule has 0 aliphatic carbocycles. The molecule has 0 rings (SSSR count). The fourth-order valence-electron chi connectivity index (χ4n) is 10.6. The summed E-state index contributed by atoms with van der Waals surface area (Å²) >= 11 is 0. The van der Waals surface area contributed by atoms with Gasteiger partial charge in [-0.25, -0.2) is 9.13 Å². The molecule has 2 unspecified atom stereocenters. The minimum Gasteiger partial charge on any atom is -0.462 e. The van der Waals surface area contributed by atoms with Gasteiger partial charge < -0.3 is 33.8 Å². The van der Waals surface area contributed by atoms with Crippen LogP contribution in [0.25, 0.3) is 0 Å². The zero-order valence-corrected chi connectivity index (χ0v) is 67.2. The fraction of sp³-hybridized carbons (Fsp3) is 0.718. The number of phosphoric acid groups is 2. The van der Waals surface area contributed by atoms with Crippen molar-refractivity contribution in [1.82, 2.24) is 0 Å². The lowest BCUT2D eigenvalue weighted by Crippen LogP contribution is -2.30. The van der Waals surface area contributed by atoms with Gasteiger partial charge in [0.1, 0.15) is 19.3 Å². The molecule has 104 heavy (non-hydrogen) atoms. The highest BCUT2D eigenvalue weighted by molar-refractivity contribution is 7.47. The standard InChI is InChI=1S/C85H146O17P2/c1-5-9-13-17-21-25-29-33-37-38-39-40-44-48-52-56-60-64-68-72-85(90)102-81(76-96-83(88)70-66-62-58-54-50-46-42-35-31-27-23-19-15-11-7-3)78-100-104(93,94)98-74-79(86)73-97-103(91,92)99-77-80(101-84(89)71-67-63-59-55-51-47-43-36-32-28-24-20-16-12-8-4)75-95-82(87)69-65-61-57-53-49-45-41-34-30-26-22-18-14-10-6-2/h21-23,25-28,32-35,37,39-42,48,52,60,64,79-81,86H,5-20,24,29-31,36,38,43-47,49-51,53-59,61-63,65-78H2,1-4H3,(H,91,92)(H,93,94)/b25-21-,26-22-,27-23-,32-28-,37-33-,40-39-,41-34-,42-35-,52-48-,64-60-/t79-,80+,81+/m0/s1. The maximum absolute atomic E-state index is 13.1. The summed E-state index contributed by atoms with van der Waals surface area (Å²) < 4.78 is 68.5. The predicted molar refractivity (Wildman–Crippen MR) is 427 cm³/mol. The zero-order chi connectivity index (χ0) is 76.0. The Hall–Kier alpha value is -4.54. The third kappa shape index (κ3) is 75.7. The van der Waals surface area contributed by atoms with Gasteiger partial charge in [0.15, 0.2) is 12.2 Å². The molecule has 0 spiro atoms. The van der Waals surface area contributed by atoms with Crippen LogP contribution in [-0.2, 0) is 65.4 Å². The topological polar surface area (TPSA) is 237 Å². The highest BCUT2D eigenvalue weighted by Gasteiger charge is 2.30. The Kier molecular flexibility index (Phi) is 73.3. The monoisotopic (exact) mass is 1500 g/mol. The van der Waals surface area contributed by atoms with Gasteiger partial charge in [0.25, 0.3) is 0 Å². The number of aliphatic hydroxyl groups is 1. The van der Waals surface area contributed by atoms with Crippen molar-refractivity contribution < 1.29 is 80.2 Å². The van der Waals surface area contributed by atoms with E-state index >= 15 is 0 Å². The molecule has 598 valence electrons. The van der Waals surface area contributed by atoms with Gasteiger partial charge >= 0.3 is 39.5 Å². The van der Waals surface area contributed by atoms with Gasteiger partial charge in [0.2, 0.25) is 0 Å². The molecule has 3 N–H and O–H groups in total. The van der Waals surface area contributed by atoms with Crippen LogP contribution in [0, 0.1) is 0 Å². The molecule has 0 heterocycles. The van der Waals surface area contributed by atoms with Gasteiger partial charge in [-0.1, -0.05) is 278 Å². The van der Waals surface area contributed by atoms with Crippen molar-refractivity contribution in [1.29, 1.82) is 0 Å². The normalized spacial score (nSPS) is 14.5. The summed E-state index contributed by atoms with van der Waals surface area (Å²) in [6.45, 7) is 4.69. The molecule has 0 aromatic carbocycles. The van der Waals surface area contributed by atoms with E-state index in [0.29, 0.717) is 32.1 Å². The number of ether oxygens (including phenoxy) is 4. The summed E-state index contributed by atoms with van der Waals surface area (Å²) in [5, 5.41) is 10.6. The Morgan fingerprint density at radius 1 is 0.269 bits per heavy atom. The van der Waals surface area contributed by atoms with Crippen molar-refractivity contribution in [2.45, 2.75) is 354 Å². The Morgan fingerprint density at radius 2 is 0.490 bits per heavy atom. The maximum Gasteiger partial charge on any atom is 0.472 e. The van der Waals surface area contributed by atoms with Gasteiger partial charge in [-0.2, -0.15) is 0 Å². The van der Waals surface area contributed by atoms with E-state index in [1.165, 1.54) is 83.5 Å². The largest absolute Gasteiger partial charge is 0.472 e. The number of carbonyl (C=O) groups is 4. The Balaban J connectivity index is 5.46. The van der Waals surface area contributed by atoms with Gasteiger partial charge in [-0.15, -0.1) is 0 Å². The SMILES string of the molecule is CCCCC/C=C\C/C=C\C/C=C\C/C=C\C/C=C\CCC(=O)O[C@H](COC(=O)CCCCCCC/C=C\C/C=C\CCCCC)COP(=O)(O)OC[C@@H](O)COP(=O)(O)OC[C@@H](COC(=O)CCCCCCC/C=C\C/C=C\CCCCC)OC(=O)CCCCCCCCC/C=C\CCCCCC. The average Bonchev–Trinajstić information content (AvgIpc) is 0.943. The molecule has 0 aliphatic heterocycles. The first-order valence-electron chi connectivity index (χ1n) is 40.8. The number of carbonyl (C=O) groups excluding carboxylic acids is 4. The van der Waals surface area contributed by atoms with Crippen LogP contribution in [0.15, 0.2) is 122 Å². The lowest BCUT2D eigenvalue weighted by molar-refractivity contribution is -0.161. The number of hydrogen-bond acceptors (Lipinski definition) is 15. The lowest BCUT2D eigenvalue weighted by atomic mass is 10.1. The van der Waals surface area contributed by atoms with Crippen molar-refractivity contribution in [2.24, 2.45) is 0 Å². The van der Waals surface area contributed by atoms with E-state index in [9.17, 15) is 43.2 Å². The second-order valence-corrected chi connectivity index (χ2v) is 29.9. The van der Waals surface area contributed by atoms with E-state index in [1.807, 2.05) is 18.2 Å². The van der Waals surface area contributed by atoms with Crippen LogP contribution in [0.2, 0.25) is 0 Å². The molecule has 0 saturated heterocycles. The molecule has 0 amide bonds. The first-order chi connectivity index (χ1) is 50.7. The van der Waals surface area contributed by atoms with E-state index in [-0.39, 0.29) is 25.7 Å². The quantitative estimate of drug-likeness (QED) is 0.0169. The Labute approximate surface area is 632 Å². The van der Waals surface area contributed by atoms with Crippen LogP contribution in [0.5, 0.6) is 0 Å². The fourth-order valence-corrected chi connectivity index (χ4v) is 12.2. The smallest absolute Gasteiger partial charge is 0.462 e. The molecule has 0 aromatic rings. The summed E-state index contributed by atoms with van der Waals surface area (Å²) in [5.74, 6) is -2.30. The predicted octanol–water partition coefficient (Wildman–Crippen LogP) is 23.9. The van der Waals surface area contributed by atoms with Crippen molar-refractivity contribution >= 4 is 39.5 Å². The lowest BCUT2D eigenvalue weighted by Gasteiger charge is -2.21. The average molecular weight is 1500 g/mol. The molecule has 19 heteroatoms. The van der Waals surface area contributed by atoms with E-state index in [4.69, 9.17) is 37.0 Å². The summed E-state index contributed by atoms with van der Waals surface area (Å²) in [7, 11) is -9.99. The third-order valence-corrected chi connectivity index (χ3v) is 18.8. The van der Waals surface area contributed by atoms with Crippen LogP contribution in [0.1, 0.15) is 336 Å². The number of aliphatic hydroxyl groups excluding tert-OH is 1. The number of phosphoric ester groups is 2. The first-order valence-corrected chi connectivity index (χ1v) is 43.8. The summed E-state index contributed by atoms with van der Waals surface area (Å²) in [6.07, 6.45) is 84.7. The second kappa shape index (κ2) is 76.6. The minimum absolute atomic E-state index is 0.0335. The summed E-state index contributed by atoms with van der Waals surface area (Å²) in [5.41, 5.74) is 0. The van der Waals surface area contributed by atoms with E-state index in [1.54, 1.807) is 0 Å². The molecule has 0 bridgehead atoms. The summed E-state index contributed by atoms with van der Waals surface area (Å²) in [6, 6.07) is 0. The molecule has 0 radical (unpaired) electrons. The van der Waals surface area contributed by atoms with E-state index in [2.05, 4.69) is 131 Å². The number of allylic oxidation sites excluding steroid dienone is 20. The number of esters is 4. The van der Waals surface area contributed by atoms with Gasteiger partial charge in [0, 0.05) is 25.7 Å². The highest BCUT2D eigenvalue weighted by Crippen LogP contribution is 2.45. The number of rotatable bonds is 76. The molecule has 0 fully saturated rings. The highest BCUT2D eigenvalue weighted by atomic mass is 31.2. The first kappa shape index (κ1) is 99.5. The number of hydrogen-bond donors (Lipinski definition) is 3. The third-order valence-electron chi connectivity index (χ3n) is 16.9. The molecule has 0 saturated carbocycles. The van der Waals surface area contributed by atoms with E-state index < -0.39 is 97.5 Å². The van der Waals surface area contributed by atoms with Crippen LogP contribution >= 0.6 is 15.6 Å². The van der Waals surface area contributed by atoms with Gasteiger partial charge in [0.05, 0.1) is 26.4 Å². The molecular weight excluding hydrogens is 1350 g/mol. The Morgan fingerprint density at radius 3 is 0.808 bits per heavy atom. The van der Waals surface area contributed by atoms with Gasteiger partial charge in [-0.05, 0) is 154 Å². The maximum atomic E-state index is 13.1. The van der Waals surface area contributed by atoms with Crippen molar-refractivity contribution in [2.75, 3.05) is 39.6 Å². The van der Waals surface area contributed by atoms with E-state index in [0.717, 1.165) is 167 Å². The van der Waals surface area contributed by atoms with Crippen LogP contribution in [0.4, 0.5) is 0 Å². The molecule has 0 aliphatic rings. The van der Waals surface area contributed by atoms with Crippen molar-refractivity contribution in [3.8, 4) is 0 Å². The van der Waals surface area contributed by atoms with Crippen LogP contribution in [-0.4, -0.2) is 96.7 Å². The second-order valence-electron chi connectivity index (χ2n) is 27.0. The minimum atomic E-state index is -5.00. The Bertz CT molecular complexity index is 2440. The zero-order valence-electron chi connectivity index (χ0n) is 65.4. The van der Waals surface area contributed by atoms with Crippen LogP contribution in [0.3, 0.4) is 0 Å². The summed E-state index contributed by atoms with van der Waals surface area (Å²) in [4.78, 5) is 73.0. The number of unbranched alkanes of at least 4 members (excludes halogenated alkanes) is 30. The molecular formula is C85H146O17P2. The van der Waals surface area contributed by atoms with Gasteiger partial charge in [-0.3, -0.25) is 37.3 Å². The van der Waals surface area contributed by atoms with Crippen molar-refractivity contribution in [3.05, 3.63) is 122 Å². The molecule has 0 aromatic heterocycles. The van der Waals surface area contributed by atoms with Crippen LogP contribution < -0.4 is 0 Å². The van der Waals surface area contributed by atoms with Crippen molar-refractivity contribution in [3.63, 3.8) is 0 Å². The molecule has 17 nitrogen and oxygen atoms in total.